The largest absolute Gasteiger partial charge is 0.450 e. The second-order valence-electron chi connectivity index (χ2n) is 6.57. The molecule has 0 aromatic heterocycles. The normalized spacial score (nSPS) is 14.7. The summed E-state index contributed by atoms with van der Waals surface area (Å²) in [4.78, 5) is 2.60. The first-order chi connectivity index (χ1) is 13.9. The van der Waals surface area contributed by atoms with E-state index in [2.05, 4.69) is 0 Å². The van der Waals surface area contributed by atoms with Crippen LogP contribution in [0.4, 0.5) is 17.6 Å². The van der Waals surface area contributed by atoms with E-state index in [9.17, 15) is 17.6 Å². The van der Waals surface area contributed by atoms with Gasteiger partial charge in [-0.2, -0.15) is 8.78 Å². The highest BCUT2D eigenvalue weighted by molar-refractivity contribution is 7.98. The molecule has 3 nitrogen and oxygen atoms in total. The topological polar surface area (TPSA) is 21.7 Å². The molecule has 0 bridgehead atoms. The molecule has 0 unspecified atom stereocenters. The van der Waals surface area contributed by atoms with Crippen LogP contribution in [0.25, 0.3) is 6.08 Å². The van der Waals surface area contributed by atoms with Gasteiger partial charge < -0.3 is 9.47 Å². The predicted octanol–water partition coefficient (Wildman–Crippen LogP) is 5.83. The van der Waals surface area contributed by atoms with Gasteiger partial charge in [0.25, 0.3) is 0 Å². The molecule has 0 amide bonds. The van der Waals surface area contributed by atoms with Crippen molar-refractivity contribution in [2.45, 2.75) is 11.8 Å². The van der Waals surface area contributed by atoms with Crippen LogP contribution in [0, 0.1) is 30.2 Å². The fraction of sp³-hybridized carbons (Fsp3) is 0.333. The van der Waals surface area contributed by atoms with E-state index < -0.39 is 34.6 Å². The molecule has 1 aliphatic rings. The van der Waals surface area contributed by atoms with Gasteiger partial charge in [0, 0.05) is 19.6 Å². The summed E-state index contributed by atoms with van der Waals surface area (Å²) in [6.45, 7) is 4.75. The number of thioether (sulfide) groups is 1. The van der Waals surface area contributed by atoms with Crippen LogP contribution in [0.3, 0.4) is 0 Å². The summed E-state index contributed by atoms with van der Waals surface area (Å²) in [5, 5.41) is 0. The minimum absolute atomic E-state index is 0. The second kappa shape index (κ2) is 11.0. The zero-order chi connectivity index (χ0) is 21.0. The third kappa shape index (κ3) is 5.49. The number of ether oxygens (including phenoxy) is 2. The minimum Gasteiger partial charge on any atom is -0.450 e. The molecule has 0 saturated carbocycles. The molecule has 3 rings (SSSR count). The average molecular weight is 464 g/mol. The van der Waals surface area contributed by atoms with E-state index in [1.807, 2.05) is 11.8 Å². The molecule has 9 heteroatoms. The van der Waals surface area contributed by atoms with Crippen molar-refractivity contribution in [1.82, 2.24) is 4.90 Å². The molecule has 2 aromatic carbocycles. The van der Waals surface area contributed by atoms with Gasteiger partial charge in [-0.3, -0.25) is 4.90 Å². The van der Waals surface area contributed by atoms with Crippen LogP contribution < -0.4 is 4.74 Å². The van der Waals surface area contributed by atoms with Crippen molar-refractivity contribution < 1.29 is 27.0 Å². The van der Waals surface area contributed by atoms with Crippen LogP contribution in [-0.4, -0.2) is 44.0 Å². The lowest BCUT2D eigenvalue weighted by Gasteiger charge is -2.25. The van der Waals surface area contributed by atoms with Gasteiger partial charge in [-0.1, -0.05) is 18.2 Å². The standard InChI is InChI=1S/C21H21F4NO2S.ClH/c1-13-5-6-15(16(12-13)29-2)28-21-19(24)17(22)14(18(23)20(21)25)4-3-7-26-8-10-27-11-9-26;/h3-6,12H,7-11H2,1-2H3;1H. The number of aryl methyl sites for hydroxylation is 1. The zero-order valence-electron chi connectivity index (χ0n) is 16.5. The number of halogens is 5. The number of hydrogen-bond acceptors (Lipinski definition) is 4. The van der Waals surface area contributed by atoms with E-state index >= 15 is 0 Å². The lowest BCUT2D eigenvalue weighted by Crippen LogP contribution is -2.36. The summed E-state index contributed by atoms with van der Waals surface area (Å²) in [7, 11) is 0. The highest BCUT2D eigenvalue weighted by atomic mass is 35.5. The van der Waals surface area contributed by atoms with Crippen LogP contribution in [0.2, 0.25) is 0 Å². The van der Waals surface area contributed by atoms with Gasteiger partial charge >= 0.3 is 0 Å². The van der Waals surface area contributed by atoms with E-state index in [1.54, 1.807) is 18.4 Å². The number of rotatable bonds is 6. The zero-order valence-corrected chi connectivity index (χ0v) is 18.1. The van der Waals surface area contributed by atoms with Crippen LogP contribution in [0.15, 0.2) is 29.2 Å². The SMILES string of the molecule is CSc1cc(C)ccc1Oc1c(F)c(F)c(C=CCN2CCOCC2)c(F)c1F.Cl. The quantitative estimate of drug-likeness (QED) is 0.305. The van der Waals surface area contributed by atoms with Gasteiger partial charge in [0.2, 0.25) is 17.4 Å². The summed E-state index contributed by atoms with van der Waals surface area (Å²) in [6, 6.07) is 4.94. The van der Waals surface area contributed by atoms with Crippen LogP contribution in [-0.2, 0) is 4.74 Å². The van der Waals surface area contributed by atoms with Crippen molar-refractivity contribution in [3.05, 3.63) is 58.7 Å². The summed E-state index contributed by atoms with van der Waals surface area (Å²) >= 11 is 1.29. The van der Waals surface area contributed by atoms with Crippen molar-refractivity contribution in [2.75, 3.05) is 39.1 Å². The van der Waals surface area contributed by atoms with Crippen molar-refractivity contribution in [3.8, 4) is 11.5 Å². The molecule has 1 aliphatic heterocycles. The van der Waals surface area contributed by atoms with Crippen molar-refractivity contribution in [3.63, 3.8) is 0 Å². The van der Waals surface area contributed by atoms with E-state index in [1.165, 1.54) is 23.9 Å². The average Bonchev–Trinajstić information content (AvgIpc) is 2.73. The Hall–Kier alpha value is -1.74. The van der Waals surface area contributed by atoms with Crippen LogP contribution in [0.5, 0.6) is 11.5 Å². The van der Waals surface area contributed by atoms with E-state index in [-0.39, 0.29) is 18.2 Å². The monoisotopic (exact) mass is 463 g/mol. The molecule has 0 spiro atoms. The second-order valence-corrected chi connectivity index (χ2v) is 7.42. The van der Waals surface area contributed by atoms with Crippen molar-refractivity contribution in [1.29, 1.82) is 0 Å². The van der Waals surface area contributed by atoms with Gasteiger partial charge in [0.15, 0.2) is 11.6 Å². The molecule has 164 valence electrons. The summed E-state index contributed by atoms with van der Waals surface area (Å²) in [6.07, 6.45) is 4.28. The molecule has 0 atom stereocenters. The first-order valence-corrected chi connectivity index (χ1v) is 10.3. The smallest absolute Gasteiger partial charge is 0.205 e. The fourth-order valence-electron chi connectivity index (χ4n) is 2.94. The summed E-state index contributed by atoms with van der Waals surface area (Å²) < 4.78 is 68.4. The Labute approximate surface area is 183 Å². The Morgan fingerprint density at radius 1 is 1.07 bits per heavy atom. The molecule has 1 fully saturated rings. The Kier molecular flexibility index (Phi) is 9.03. The molecule has 30 heavy (non-hydrogen) atoms. The molecule has 0 aliphatic carbocycles. The number of hydrogen-bond donors (Lipinski definition) is 0. The van der Waals surface area contributed by atoms with E-state index in [0.29, 0.717) is 37.7 Å². The first kappa shape index (κ1) is 24.5. The Morgan fingerprint density at radius 2 is 1.70 bits per heavy atom. The first-order valence-electron chi connectivity index (χ1n) is 9.07. The molecule has 2 aromatic rings. The molecular formula is C21H22ClF4NO2S. The highest BCUT2D eigenvalue weighted by Gasteiger charge is 2.26. The molecule has 1 saturated heterocycles. The lowest BCUT2D eigenvalue weighted by molar-refractivity contribution is 0.0435. The minimum atomic E-state index is -1.57. The summed E-state index contributed by atoms with van der Waals surface area (Å²) in [5.41, 5.74) is 0.148. The number of benzene rings is 2. The van der Waals surface area contributed by atoms with Gasteiger partial charge in [-0.25, -0.2) is 8.78 Å². The number of nitrogens with zero attached hydrogens (tertiary/aromatic N) is 1. The third-order valence-corrected chi connectivity index (χ3v) is 5.30. The van der Waals surface area contributed by atoms with E-state index in [0.717, 1.165) is 11.6 Å². The number of morpholine rings is 1. The lowest BCUT2D eigenvalue weighted by atomic mass is 10.1. The van der Waals surface area contributed by atoms with E-state index in [4.69, 9.17) is 9.47 Å². The maximum absolute atomic E-state index is 14.5. The van der Waals surface area contributed by atoms with Gasteiger partial charge in [0.05, 0.1) is 23.7 Å². The predicted molar refractivity (Wildman–Crippen MR) is 113 cm³/mol. The van der Waals surface area contributed by atoms with Crippen molar-refractivity contribution in [2.24, 2.45) is 0 Å². The maximum Gasteiger partial charge on any atom is 0.205 e. The third-order valence-electron chi connectivity index (χ3n) is 4.54. The summed E-state index contributed by atoms with van der Waals surface area (Å²) in [5.74, 6) is -7.09. The Balaban J connectivity index is 0.00000320. The molecule has 1 heterocycles. The fourth-order valence-corrected chi connectivity index (χ4v) is 3.55. The van der Waals surface area contributed by atoms with Gasteiger partial charge in [0.1, 0.15) is 5.75 Å². The van der Waals surface area contributed by atoms with Crippen LogP contribution >= 0.6 is 24.2 Å². The Bertz CT molecular complexity index is 891. The molecule has 0 N–H and O–H groups in total. The molecule has 0 radical (unpaired) electrons. The maximum atomic E-state index is 14.5. The van der Waals surface area contributed by atoms with Gasteiger partial charge in [-0.15, -0.1) is 24.2 Å². The van der Waals surface area contributed by atoms with Crippen LogP contribution in [0.1, 0.15) is 11.1 Å². The van der Waals surface area contributed by atoms with Gasteiger partial charge in [-0.05, 0) is 30.9 Å². The highest BCUT2D eigenvalue weighted by Crippen LogP contribution is 2.37. The van der Waals surface area contributed by atoms with Crippen molar-refractivity contribution >= 4 is 30.2 Å². The molecular weight excluding hydrogens is 442 g/mol. The Morgan fingerprint density at radius 3 is 2.30 bits per heavy atom.